The van der Waals surface area contributed by atoms with Gasteiger partial charge >= 0.3 is 0 Å². The molecule has 2 aromatic heterocycles. The molecule has 0 bridgehead atoms. The van der Waals surface area contributed by atoms with Crippen molar-refractivity contribution in [3.63, 3.8) is 0 Å². The van der Waals surface area contributed by atoms with Gasteiger partial charge in [-0.2, -0.15) is 0 Å². The number of thiophene rings is 1. The van der Waals surface area contributed by atoms with Crippen LogP contribution in [-0.4, -0.2) is 47.6 Å². The molecule has 0 aliphatic carbocycles. The highest BCUT2D eigenvalue weighted by atomic mass is 32.1. The molecule has 19 heavy (non-hydrogen) atoms. The van der Waals surface area contributed by atoms with Crippen LogP contribution in [-0.2, 0) is 11.3 Å². The van der Waals surface area contributed by atoms with Crippen LogP contribution in [0.3, 0.4) is 0 Å². The summed E-state index contributed by atoms with van der Waals surface area (Å²) < 4.78 is 6.97. The van der Waals surface area contributed by atoms with E-state index in [1.54, 1.807) is 7.11 Å². The Bertz CT molecular complexity index is 581. The summed E-state index contributed by atoms with van der Waals surface area (Å²) in [6.45, 7) is 1.91. The minimum absolute atomic E-state index is 0.101. The molecular formula is C12H17N3O3S. The largest absolute Gasteiger partial charge is 0.390 e. The van der Waals surface area contributed by atoms with Gasteiger partial charge in [-0.25, -0.2) is 4.98 Å². The second-order valence-electron chi connectivity index (χ2n) is 4.19. The number of methoxy groups -OCH3 is 1. The van der Waals surface area contributed by atoms with Crippen molar-refractivity contribution >= 4 is 21.6 Å². The molecule has 0 amide bonds. The van der Waals surface area contributed by atoms with Gasteiger partial charge in [0.15, 0.2) is 0 Å². The summed E-state index contributed by atoms with van der Waals surface area (Å²) in [4.78, 5) is 16.3. The van der Waals surface area contributed by atoms with Crippen molar-refractivity contribution in [3.8, 4) is 0 Å². The number of nitrogens with one attached hydrogen (secondary N) is 1. The fourth-order valence-corrected chi connectivity index (χ4v) is 2.54. The number of nitrogens with zero attached hydrogens (tertiary/aromatic N) is 2. The first-order valence-electron chi connectivity index (χ1n) is 6.02. The van der Waals surface area contributed by atoms with Crippen LogP contribution in [0.1, 0.15) is 0 Å². The van der Waals surface area contributed by atoms with E-state index in [4.69, 9.17) is 4.74 Å². The molecular weight excluding hydrogens is 266 g/mol. The first kappa shape index (κ1) is 14.1. The highest BCUT2D eigenvalue weighted by Gasteiger charge is 2.09. The smallest absolute Gasteiger partial charge is 0.271 e. The molecule has 2 N–H and O–H groups in total. The maximum atomic E-state index is 12.1. The summed E-state index contributed by atoms with van der Waals surface area (Å²) in [7, 11) is 1.62. The Labute approximate surface area is 114 Å². The molecule has 0 aliphatic rings. The zero-order valence-corrected chi connectivity index (χ0v) is 11.5. The van der Waals surface area contributed by atoms with Crippen LogP contribution in [0.4, 0.5) is 0 Å². The molecule has 2 heterocycles. The van der Waals surface area contributed by atoms with Crippen LogP contribution in [0.15, 0.2) is 22.6 Å². The number of aliphatic hydroxyl groups excluding tert-OH is 1. The van der Waals surface area contributed by atoms with Crippen molar-refractivity contribution in [2.45, 2.75) is 12.6 Å². The van der Waals surface area contributed by atoms with Crippen LogP contribution < -0.4 is 10.9 Å². The zero-order valence-electron chi connectivity index (χ0n) is 10.7. The molecule has 0 saturated heterocycles. The van der Waals surface area contributed by atoms with Crippen LogP contribution in [0.2, 0.25) is 0 Å². The Balaban J connectivity index is 1.97. The SMILES string of the molecule is COCCNCC(O)Cn1cnc2ccsc2c1=O. The third-order valence-corrected chi connectivity index (χ3v) is 3.60. The predicted octanol–water partition coefficient (Wildman–Crippen LogP) is 0.0549. The van der Waals surface area contributed by atoms with Crippen molar-refractivity contribution in [1.82, 2.24) is 14.9 Å². The molecule has 1 unspecified atom stereocenters. The van der Waals surface area contributed by atoms with Crippen LogP contribution in [0.5, 0.6) is 0 Å². The fraction of sp³-hybridized carbons (Fsp3) is 0.500. The van der Waals surface area contributed by atoms with Crippen molar-refractivity contribution in [1.29, 1.82) is 0 Å². The van der Waals surface area contributed by atoms with Gasteiger partial charge in [0.25, 0.3) is 5.56 Å². The quantitative estimate of drug-likeness (QED) is 0.703. The van der Waals surface area contributed by atoms with Gasteiger partial charge < -0.3 is 15.2 Å². The molecule has 1 atom stereocenters. The average Bonchev–Trinajstić information content (AvgIpc) is 2.87. The maximum Gasteiger partial charge on any atom is 0.271 e. The number of fused-ring (bicyclic) bond motifs is 1. The lowest BCUT2D eigenvalue weighted by atomic mass is 10.3. The normalized spacial score (nSPS) is 12.9. The molecule has 2 rings (SSSR count). The van der Waals surface area contributed by atoms with Gasteiger partial charge in [-0.1, -0.05) is 0 Å². The summed E-state index contributed by atoms with van der Waals surface area (Å²) in [5.41, 5.74) is 0.606. The number of aromatic nitrogens is 2. The number of hydrogen-bond donors (Lipinski definition) is 2. The summed E-state index contributed by atoms with van der Waals surface area (Å²) in [6.07, 6.45) is 0.851. The average molecular weight is 283 g/mol. The number of aliphatic hydroxyl groups is 1. The highest BCUT2D eigenvalue weighted by Crippen LogP contribution is 2.13. The molecule has 6 nitrogen and oxygen atoms in total. The van der Waals surface area contributed by atoms with Crippen molar-refractivity contribution in [3.05, 3.63) is 28.1 Å². The lowest BCUT2D eigenvalue weighted by Gasteiger charge is -2.13. The molecule has 0 spiro atoms. The molecule has 2 aromatic rings. The topological polar surface area (TPSA) is 76.4 Å². The van der Waals surface area contributed by atoms with Crippen molar-refractivity contribution in [2.24, 2.45) is 0 Å². The third-order valence-electron chi connectivity index (χ3n) is 2.71. The molecule has 0 aromatic carbocycles. The first-order valence-corrected chi connectivity index (χ1v) is 6.90. The number of hydrogen-bond acceptors (Lipinski definition) is 6. The van der Waals surface area contributed by atoms with Gasteiger partial charge in [-0.3, -0.25) is 9.36 Å². The second kappa shape index (κ2) is 6.76. The van der Waals surface area contributed by atoms with Gasteiger partial charge in [0.05, 0.1) is 31.1 Å². The predicted molar refractivity (Wildman–Crippen MR) is 74.6 cm³/mol. The van der Waals surface area contributed by atoms with Crippen LogP contribution in [0, 0.1) is 0 Å². The van der Waals surface area contributed by atoms with E-state index in [0.717, 1.165) is 0 Å². The Morgan fingerprint density at radius 1 is 1.63 bits per heavy atom. The van der Waals surface area contributed by atoms with Gasteiger partial charge in [-0.15, -0.1) is 11.3 Å². The van der Waals surface area contributed by atoms with Gasteiger partial charge in [-0.05, 0) is 11.4 Å². The van der Waals surface area contributed by atoms with E-state index in [2.05, 4.69) is 10.3 Å². The third kappa shape index (κ3) is 3.60. The lowest BCUT2D eigenvalue weighted by molar-refractivity contribution is 0.142. The summed E-state index contributed by atoms with van der Waals surface area (Å²) in [5.74, 6) is 0. The lowest BCUT2D eigenvalue weighted by Crippen LogP contribution is -2.35. The van der Waals surface area contributed by atoms with E-state index in [0.29, 0.717) is 29.9 Å². The Morgan fingerprint density at radius 2 is 2.47 bits per heavy atom. The summed E-state index contributed by atoms with van der Waals surface area (Å²) in [6, 6.07) is 1.81. The first-order chi connectivity index (χ1) is 9.22. The van der Waals surface area contributed by atoms with Gasteiger partial charge in [0, 0.05) is 20.2 Å². The zero-order chi connectivity index (χ0) is 13.7. The van der Waals surface area contributed by atoms with E-state index >= 15 is 0 Å². The maximum absolute atomic E-state index is 12.1. The van der Waals surface area contributed by atoms with E-state index in [-0.39, 0.29) is 12.1 Å². The van der Waals surface area contributed by atoms with E-state index < -0.39 is 6.10 Å². The minimum Gasteiger partial charge on any atom is -0.390 e. The van der Waals surface area contributed by atoms with Gasteiger partial charge in [0.2, 0.25) is 0 Å². The molecule has 0 fully saturated rings. The molecule has 0 saturated carbocycles. The molecule has 104 valence electrons. The fourth-order valence-electron chi connectivity index (χ4n) is 1.74. The molecule has 0 aliphatic heterocycles. The Kier molecular flexibility index (Phi) is 5.03. The standard InChI is InChI=1S/C12H17N3O3S/c1-18-4-3-13-6-9(16)7-15-8-14-10-2-5-19-11(10)12(15)17/h2,5,8-9,13,16H,3-4,6-7H2,1H3. The highest BCUT2D eigenvalue weighted by molar-refractivity contribution is 7.17. The number of rotatable bonds is 7. The van der Waals surface area contributed by atoms with Gasteiger partial charge in [0.1, 0.15) is 4.70 Å². The number of ether oxygens (including phenoxy) is 1. The molecule has 0 radical (unpaired) electrons. The van der Waals surface area contributed by atoms with Crippen LogP contribution in [0.25, 0.3) is 10.2 Å². The monoisotopic (exact) mass is 283 g/mol. The Hall–Kier alpha value is -1.28. The summed E-state index contributed by atoms with van der Waals surface area (Å²) >= 11 is 1.37. The van der Waals surface area contributed by atoms with E-state index in [1.165, 1.54) is 22.2 Å². The van der Waals surface area contributed by atoms with E-state index in [1.807, 2.05) is 11.4 Å². The van der Waals surface area contributed by atoms with Crippen molar-refractivity contribution in [2.75, 3.05) is 26.8 Å². The second-order valence-corrected chi connectivity index (χ2v) is 5.10. The molecule has 7 heteroatoms. The van der Waals surface area contributed by atoms with E-state index in [9.17, 15) is 9.90 Å². The Morgan fingerprint density at radius 3 is 3.26 bits per heavy atom. The minimum atomic E-state index is -0.631. The van der Waals surface area contributed by atoms with Crippen LogP contribution >= 0.6 is 11.3 Å². The van der Waals surface area contributed by atoms with Crippen molar-refractivity contribution < 1.29 is 9.84 Å². The summed E-state index contributed by atoms with van der Waals surface area (Å²) in [5, 5.41) is 14.8.